The van der Waals surface area contributed by atoms with Crippen LogP contribution in [0.25, 0.3) is 0 Å². The monoisotopic (exact) mass is 292 g/mol. The first kappa shape index (κ1) is 14.3. The Bertz CT molecular complexity index is 645. The van der Waals surface area contributed by atoms with Crippen molar-refractivity contribution < 1.29 is 9.59 Å². The van der Waals surface area contributed by atoms with Gasteiger partial charge in [0, 0.05) is 16.1 Å². The molecule has 0 atom stereocenters. The summed E-state index contributed by atoms with van der Waals surface area (Å²) in [6.07, 6.45) is 0. The molecule has 0 saturated carbocycles. The van der Waals surface area contributed by atoms with Crippen LogP contribution in [0.15, 0.2) is 12.1 Å². The van der Waals surface area contributed by atoms with Gasteiger partial charge in [-0.25, -0.2) is 0 Å². The summed E-state index contributed by atoms with van der Waals surface area (Å²) < 4.78 is 0. The quantitative estimate of drug-likeness (QED) is 0.802. The average molecular weight is 292 g/mol. The molecule has 2 amide bonds. The third-order valence-corrected chi connectivity index (χ3v) is 3.88. The highest BCUT2D eigenvalue weighted by Gasteiger charge is 2.12. The molecule has 0 aliphatic heterocycles. The van der Waals surface area contributed by atoms with Gasteiger partial charge >= 0.3 is 0 Å². The smallest absolute Gasteiger partial charge is 0.261 e. The van der Waals surface area contributed by atoms with E-state index in [1.165, 1.54) is 11.3 Å². The summed E-state index contributed by atoms with van der Waals surface area (Å²) in [6.45, 7) is 5.58. The van der Waals surface area contributed by atoms with E-state index < -0.39 is 0 Å². The number of aromatic nitrogens is 2. The van der Waals surface area contributed by atoms with E-state index in [0.717, 1.165) is 16.1 Å². The first-order valence-electron chi connectivity index (χ1n) is 6.13. The number of carbonyl (C=O) groups excluding carboxylic acids is 2. The second-order valence-electron chi connectivity index (χ2n) is 4.46. The van der Waals surface area contributed by atoms with Crippen LogP contribution in [0.3, 0.4) is 0 Å². The normalized spacial score (nSPS) is 10.3. The maximum absolute atomic E-state index is 11.8. The number of nitrogens with zero attached hydrogens (tertiary/aromatic N) is 1. The van der Waals surface area contributed by atoms with E-state index in [-0.39, 0.29) is 18.4 Å². The van der Waals surface area contributed by atoms with Crippen molar-refractivity contribution >= 4 is 29.0 Å². The lowest BCUT2D eigenvalue weighted by molar-refractivity contribution is -0.115. The fraction of sp³-hybridized carbons (Fsp3) is 0.308. The number of aromatic amines is 1. The second-order valence-corrected chi connectivity index (χ2v) is 5.75. The molecule has 0 fully saturated rings. The van der Waals surface area contributed by atoms with E-state index in [1.807, 2.05) is 26.8 Å². The molecule has 6 nitrogen and oxygen atoms in total. The molecule has 0 spiro atoms. The van der Waals surface area contributed by atoms with Gasteiger partial charge < -0.3 is 10.6 Å². The van der Waals surface area contributed by atoms with E-state index >= 15 is 0 Å². The first-order valence-corrected chi connectivity index (χ1v) is 6.95. The number of H-pyrrole nitrogens is 1. The van der Waals surface area contributed by atoms with Gasteiger partial charge in [-0.05, 0) is 32.9 Å². The highest BCUT2D eigenvalue weighted by atomic mass is 32.1. The lowest BCUT2D eigenvalue weighted by Crippen LogP contribution is -2.32. The van der Waals surface area contributed by atoms with Gasteiger partial charge in [0.05, 0.1) is 11.4 Å². The molecule has 0 unspecified atom stereocenters. The number of anilines is 1. The van der Waals surface area contributed by atoms with Crippen LogP contribution in [-0.4, -0.2) is 28.6 Å². The van der Waals surface area contributed by atoms with Crippen molar-refractivity contribution in [2.45, 2.75) is 20.8 Å². The lowest BCUT2D eigenvalue weighted by atomic mass is 10.3. The molecular weight excluding hydrogens is 276 g/mol. The highest BCUT2D eigenvalue weighted by Crippen LogP contribution is 2.15. The van der Waals surface area contributed by atoms with Gasteiger partial charge in [0.2, 0.25) is 5.91 Å². The zero-order chi connectivity index (χ0) is 14.7. The lowest BCUT2D eigenvalue weighted by Gasteiger charge is -2.04. The van der Waals surface area contributed by atoms with Crippen LogP contribution in [0.4, 0.5) is 5.82 Å². The van der Waals surface area contributed by atoms with Gasteiger partial charge in [-0.15, -0.1) is 11.3 Å². The van der Waals surface area contributed by atoms with Crippen LogP contribution in [0.5, 0.6) is 0 Å². The van der Waals surface area contributed by atoms with Gasteiger partial charge in [0.25, 0.3) is 5.91 Å². The fourth-order valence-electron chi connectivity index (χ4n) is 1.59. The number of hydrogen-bond donors (Lipinski definition) is 3. The minimum absolute atomic E-state index is 0.0822. The Hall–Kier alpha value is -2.15. The molecule has 3 N–H and O–H groups in total. The Labute approximate surface area is 120 Å². The fourth-order valence-corrected chi connectivity index (χ4v) is 2.37. The van der Waals surface area contributed by atoms with E-state index in [9.17, 15) is 9.59 Å². The van der Waals surface area contributed by atoms with Crippen molar-refractivity contribution in [3.05, 3.63) is 33.1 Å². The van der Waals surface area contributed by atoms with Crippen molar-refractivity contribution in [3.63, 3.8) is 0 Å². The minimum Gasteiger partial charge on any atom is -0.342 e. The summed E-state index contributed by atoms with van der Waals surface area (Å²) in [5, 5.41) is 12.0. The van der Waals surface area contributed by atoms with Crippen LogP contribution in [0, 0.1) is 20.8 Å². The molecule has 2 heterocycles. The maximum atomic E-state index is 11.8. The first-order chi connectivity index (χ1) is 9.47. The van der Waals surface area contributed by atoms with Gasteiger partial charge in [-0.2, -0.15) is 5.10 Å². The predicted octanol–water partition coefficient (Wildman–Crippen LogP) is 1.76. The second kappa shape index (κ2) is 5.87. The predicted molar refractivity (Wildman–Crippen MR) is 78.1 cm³/mol. The van der Waals surface area contributed by atoms with E-state index in [4.69, 9.17) is 0 Å². The Morgan fingerprint density at radius 3 is 2.60 bits per heavy atom. The Morgan fingerprint density at radius 1 is 1.30 bits per heavy atom. The van der Waals surface area contributed by atoms with E-state index in [0.29, 0.717) is 10.7 Å². The van der Waals surface area contributed by atoms with Crippen LogP contribution in [-0.2, 0) is 4.79 Å². The Balaban J connectivity index is 1.86. The van der Waals surface area contributed by atoms with Gasteiger partial charge in [-0.1, -0.05) is 0 Å². The van der Waals surface area contributed by atoms with Crippen molar-refractivity contribution in [3.8, 4) is 0 Å². The van der Waals surface area contributed by atoms with E-state index in [2.05, 4.69) is 20.8 Å². The Morgan fingerprint density at radius 2 is 2.05 bits per heavy atom. The zero-order valence-electron chi connectivity index (χ0n) is 11.5. The third-order valence-electron chi connectivity index (χ3n) is 2.88. The number of nitrogens with one attached hydrogen (secondary N) is 3. The maximum Gasteiger partial charge on any atom is 0.261 e. The summed E-state index contributed by atoms with van der Waals surface area (Å²) in [4.78, 5) is 25.2. The molecule has 0 aliphatic rings. The summed E-state index contributed by atoms with van der Waals surface area (Å²) >= 11 is 1.40. The van der Waals surface area contributed by atoms with Gasteiger partial charge in [0.1, 0.15) is 0 Å². The standard InChI is InChI=1S/C13H16N4O2S/c1-7-4-5-10(20-7)13(19)14-6-11(18)15-12-8(2)9(3)16-17-12/h4-5H,6H2,1-3H3,(H,14,19)(H2,15,16,17,18). The topological polar surface area (TPSA) is 86.9 Å². The van der Waals surface area contributed by atoms with Gasteiger partial charge in [0.15, 0.2) is 5.82 Å². The van der Waals surface area contributed by atoms with Crippen molar-refractivity contribution in [1.29, 1.82) is 0 Å². The average Bonchev–Trinajstić information content (AvgIpc) is 2.97. The molecule has 0 saturated heterocycles. The molecule has 2 aromatic heterocycles. The summed E-state index contributed by atoms with van der Waals surface area (Å²) in [5.74, 6) is -0.0527. The molecule has 0 aliphatic carbocycles. The van der Waals surface area contributed by atoms with Crippen LogP contribution < -0.4 is 10.6 Å². The number of carbonyl (C=O) groups is 2. The molecule has 2 aromatic rings. The third kappa shape index (κ3) is 3.24. The molecule has 20 heavy (non-hydrogen) atoms. The van der Waals surface area contributed by atoms with Crippen LogP contribution in [0.2, 0.25) is 0 Å². The molecule has 106 valence electrons. The zero-order valence-corrected chi connectivity index (χ0v) is 12.4. The van der Waals surface area contributed by atoms with E-state index in [1.54, 1.807) is 6.07 Å². The van der Waals surface area contributed by atoms with Gasteiger partial charge in [-0.3, -0.25) is 14.7 Å². The van der Waals surface area contributed by atoms with Crippen LogP contribution in [0.1, 0.15) is 25.8 Å². The molecule has 0 aromatic carbocycles. The number of aryl methyl sites for hydroxylation is 2. The molecule has 2 rings (SSSR count). The molecule has 7 heteroatoms. The molecule has 0 radical (unpaired) electrons. The molecule has 0 bridgehead atoms. The number of thiophene rings is 1. The number of hydrogen-bond acceptors (Lipinski definition) is 4. The van der Waals surface area contributed by atoms with Crippen molar-refractivity contribution in [2.24, 2.45) is 0 Å². The largest absolute Gasteiger partial charge is 0.342 e. The molecular formula is C13H16N4O2S. The van der Waals surface area contributed by atoms with Crippen LogP contribution >= 0.6 is 11.3 Å². The Kier molecular flexibility index (Phi) is 4.19. The summed E-state index contributed by atoms with van der Waals surface area (Å²) in [6, 6.07) is 3.62. The summed E-state index contributed by atoms with van der Waals surface area (Å²) in [5.41, 5.74) is 1.79. The van der Waals surface area contributed by atoms with Crippen molar-refractivity contribution in [1.82, 2.24) is 15.5 Å². The highest BCUT2D eigenvalue weighted by molar-refractivity contribution is 7.13. The number of amides is 2. The number of rotatable bonds is 4. The van der Waals surface area contributed by atoms with Crippen molar-refractivity contribution in [2.75, 3.05) is 11.9 Å². The SMILES string of the molecule is Cc1ccc(C(=O)NCC(=O)Nc2n[nH]c(C)c2C)s1. The minimum atomic E-state index is -0.304. The summed E-state index contributed by atoms with van der Waals surface area (Å²) in [7, 11) is 0.